The first-order valence-electron chi connectivity index (χ1n) is 34.1. The van der Waals surface area contributed by atoms with Gasteiger partial charge in [0.05, 0.1) is 17.0 Å². The van der Waals surface area contributed by atoms with Crippen LogP contribution in [-0.2, 0) is 32.3 Å². The molecule has 1 fully saturated rings. The Balaban J connectivity index is 0.700. The van der Waals surface area contributed by atoms with Gasteiger partial charge in [-0.05, 0) is 134 Å². The number of rotatable bonds is 30. The van der Waals surface area contributed by atoms with Crippen LogP contribution in [0, 0.1) is 18.8 Å². The number of thiophene rings is 1. The molecule has 0 bridgehead atoms. The van der Waals surface area contributed by atoms with Gasteiger partial charge in [-0.15, -0.1) is 22.9 Å². The average molecular weight is 1410 g/mol. The van der Waals surface area contributed by atoms with E-state index in [0.717, 1.165) is 44.3 Å². The van der Waals surface area contributed by atoms with Gasteiger partial charge < -0.3 is 81.4 Å². The number of hydrogen-bond donors (Lipinski definition) is 10. The molecular formula is C73H89ClN12O13S. The van der Waals surface area contributed by atoms with Crippen molar-refractivity contribution in [3.05, 3.63) is 124 Å². The maximum absolute atomic E-state index is 14.7. The van der Waals surface area contributed by atoms with Crippen LogP contribution in [0.15, 0.2) is 96.4 Å². The van der Waals surface area contributed by atoms with Crippen LogP contribution in [0.3, 0.4) is 0 Å². The number of amides is 9. The minimum absolute atomic E-state index is 0.0556. The first-order valence-corrected chi connectivity index (χ1v) is 35.6. The standard InChI is InChI=1S/C73H89ClN12O13S/c1-43(2)65(82-60(87)17-11-8-12-30-85-61(88)26-27-62(85)89)69(92)81-55(16-13-29-76-71(75)94)67(90)77-50-20-18-46(19-21-50)41-98-72(95)83(4)31-32-84(5)73(96)99-59-38-58-64(63-44(3)42-100-66(59)63)49(39-74)40-86(58)70(93)57-37-47-34-51(22-24-53(47)80-57)78-68(91)56-36-48-35-52(23-25-54(48)79-56)97-33-28-45-14-9-6-7-10-15-45/h18-27,34-38,42-43,45,49,55,65,79-80,88-89H,6-17,28-33,39-41H2,1-5H3,(H,77,90)(H,78,91)(H,81,92)(H,82,87)(H3,75,76,94). The number of nitrogens with two attached hydrogens (primary N) is 1. The van der Waals surface area contributed by atoms with Crippen molar-refractivity contribution in [3.63, 3.8) is 0 Å². The van der Waals surface area contributed by atoms with Crippen LogP contribution in [0.25, 0.3) is 31.9 Å². The molecule has 4 aromatic heterocycles. The van der Waals surface area contributed by atoms with E-state index < -0.39 is 42.1 Å². The SMILES string of the molecule is Cc1csc2c(OC(=O)N(C)CCN(C)C(=O)OCc3ccc(NC(=O)C(CCCNC(N)=O)NC(=O)C(NC(=O)CCCCCn4c(O)ccc4O)C(C)C)cc3)cc3c(c12)C(CCl)CN3C(=O)c1cc2cc(NC(=O)c3cc4cc(OCCC5CCCCCC5)ccc4[nH]3)ccc2[nH]1. The van der Waals surface area contributed by atoms with Gasteiger partial charge in [0, 0.05) is 122 Å². The molecule has 5 heterocycles. The highest BCUT2D eigenvalue weighted by Gasteiger charge is 2.38. The number of carbonyl (C=O) groups excluding carboxylic acids is 8. The fraction of sp³-hybridized carbons (Fsp3) is 0.425. The fourth-order valence-corrected chi connectivity index (χ4v) is 14.1. The third-order valence-corrected chi connectivity index (χ3v) is 20.0. The van der Waals surface area contributed by atoms with E-state index in [1.165, 1.54) is 83.4 Å². The number of nitrogens with one attached hydrogen (secondary N) is 7. The molecule has 1 aliphatic carbocycles. The van der Waals surface area contributed by atoms with Crippen molar-refractivity contribution in [1.82, 2.24) is 40.3 Å². The third kappa shape index (κ3) is 18.5. The Morgan fingerprint density at radius 3 is 2.15 bits per heavy atom. The summed E-state index contributed by atoms with van der Waals surface area (Å²) < 4.78 is 20.0. The van der Waals surface area contributed by atoms with E-state index in [0.29, 0.717) is 83.2 Å². The zero-order chi connectivity index (χ0) is 71.1. The Bertz CT molecular complexity index is 4230. The zero-order valence-corrected chi connectivity index (χ0v) is 58.6. The molecule has 25 nitrogen and oxygen atoms in total. The number of aryl methyl sites for hydroxylation is 1. The van der Waals surface area contributed by atoms with Gasteiger partial charge in [-0.25, -0.2) is 14.4 Å². The zero-order valence-electron chi connectivity index (χ0n) is 57.0. The number of anilines is 3. The largest absolute Gasteiger partial charge is 0.494 e. The van der Waals surface area contributed by atoms with E-state index in [9.17, 15) is 48.6 Å². The monoisotopic (exact) mass is 1410 g/mol. The number of unbranched alkanes of at least 4 members (excludes halogenated alkanes) is 2. The van der Waals surface area contributed by atoms with Gasteiger partial charge in [-0.1, -0.05) is 70.9 Å². The van der Waals surface area contributed by atoms with Gasteiger partial charge in [-0.3, -0.25) is 28.5 Å². The molecule has 100 heavy (non-hydrogen) atoms. The number of fused-ring (bicyclic) bond motifs is 5. The number of alkyl halides is 1. The second kappa shape index (κ2) is 33.7. The molecule has 8 aromatic rings. The first-order chi connectivity index (χ1) is 48.1. The highest BCUT2D eigenvalue weighted by molar-refractivity contribution is 7.17. The molecule has 3 atom stereocenters. The Labute approximate surface area is 588 Å². The van der Waals surface area contributed by atoms with Crippen LogP contribution in [0.5, 0.6) is 23.3 Å². The minimum Gasteiger partial charge on any atom is -0.494 e. The number of aromatic amines is 2. The van der Waals surface area contributed by atoms with Crippen molar-refractivity contribution in [3.8, 4) is 23.3 Å². The number of H-pyrrole nitrogens is 2. The smallest absolute Gasteiger partial charge is 0.415 e. The van der Waals surface area contributed by atoms with Crippen molar-refractivity contribution < 1.29 is 62.8 Å². The van der Waals surface area contributed by atoms with Crippen molar-refractivity contribution in [2.75, 3.05) is 68.3 Å². The lowest BCUT2D eigenvalue weighted by molar-refractivity contribution is -0.132. The molecule has 3 unspecified atom stereocenters. The van der Waals surface area contributed by atoms with Crippen LogP contribution < -0.4 is 46.7 Å². The second-order valence-corrected chi connectivity index (χ2v) is 27.5. The molecule has 0 radical (unpaired) electrons. The van der Waals surface area contributed by atoms with Crippen molar-refractivity contribution in [2.45, 2.75) is 135 Å². The Morgan fingerprint density at radius 2 is 1.44 bits per heavy atom. The number of likely N-dealkylation sites (N-methyl/N-ethyl adjacent to an activating group) is 2. The molecule has 0 saturated heterocycles. The third-order valence-electron chi connectivity index (χ3n) is 18.5. The number of ether oxygens (including phenoxy) is 3. The average Bonchev–Trinajstić information content (AvgIpc) is 1.57. The van der Waals surface area contributed by atoms with Crippen LogP contribution in [0.1, 0.15) is 141 Å². The molecule has 1 saturated carbocycles. The fourth-order valence-electron chi connectivity index (χ4n) is 12.8. The number of hydrogen-bond acceptors (Lipinski definition) is 14. The number of aromatic nitrogens is 3. The molecule has 4 aromatic carbocycles. The predicted molar refractivity (Wildman–Crippen MR) is 386 cm³/mol. The van der Waals surface area contributed by atoms with Gasteiger partial charge in [0.25, 0.3) is 11.8 Å². The summed E-state index contributed by atoms with van der Waals surface area (Å²) in [5.74, 6) is -0.843. The summed E-state index contributed by atoms with van der Waals surface area (Å²) in [4.78, 5) is 118. The summed E-state index contributed by atoms with van der Waals surface area (Å²) in [6.07, 6.45) is 9.68. The number of aromatic hydroxyl groups is 2. The highest BCUT2D eigenvalue weighted by atomic mass is 35.5. The second-order valence-electron chi connectivity index (χ2n) is 26.3. The number of carbonyl (C=O) groups is 8. The highest BCUT2D eigenvalue weighted by Crippen LogP contribution is 2.49. The van der Waals surface area contributed by atoms with E-state index >= 15 is 0 Å². The van der Waals surface area contributed by atoms with Gasteiger partial charge >= 0.3 is 18.2 Å². The van der Waals surface area contributed by atoms with Gasteiger partial charge in [0.15, 0.2) is 17.5 Å². The van der Waals surface area contributed by atoms with E-state index in [1.807, 2.05) is 48.7 Å². The molecule has 9 amide bonds. The quantitative estimate of drug-likeness (QED) is 0.0114. The lowest BCUT2D eigenvalue weighted by Crippen LogP contribution is -2.54. The van der Waals surface area contributed by atoms with Crippen molar-refractivity contribution >= 4 is 120 Å². The molecular weight excluding hydrogens is 1320 g/mol. The summed E-state index contributed by atoms with van der Waals surface area (Å²) in [5.41, 5.74) is 11.3. The molecule has 27 heteroatoms. The van der Waals surface area contributed by atoms with Gasteiger partial charge in [0.1, 0.15) is 35.8 Å². The lowest BCUT2D eigenvalue weighted by Gasteiger charge is -2.25. The van der Waals surface area contributed by atoms with Crippen LogP contribution in [0.2, 0.25) is 0 Å². The lowest BCUT2D eigenvalue weighted by atomic mass is 9.97. The number of primary amides is 1. The van der Waals surface area contributed by atoms with Gasteiger partial charge in [0.2, 0.25) is 17.7 Å². The molecule has 11 N–H and O–H groups in total. The Morgan fingerprint density at radius 1 is 0.760 bits per heavy atom. The summed E-state index contributed by atoms with van der Waals surface area (Å²) >= 11 is 8.08. The van der Waals surface area contributed by atoms with Crippen LogP contribution in [-0.4, -0.2) is 147 Å². The number of benzene rings is 4. The normalized spacial score (nSPS) is 14.5. The summed E-state index contributed by atoms with van der Waals surface area (Å²) in [7, 11) is 3.08. The van der Waals surface area contributed by atoms with Crippen molar-refractivity contribution in [2.24, 2.45) is 17.6 Å². The summed E-state index contributed by atoms with van der Waals surface area (Å²) in [5, 5.41) is 38.0. The summed E-state index contributed by atoms with van der Waals surface area (Å²) in [6, 6.07) is 23.0. The molecule has 1 aliphatic heterocycles. The predicted octanol–water partition coefficient (Wildman–Crippen LogP) is 12.3. The summed E-state index contributed by atoms with van der Waals surface area (Å²) in [6.45, 7) is 6.95. The Hall–Kier alpha value is -9.95. The van der Waals surface area contributed by atoms with E-state index in [4.69, 9.17) is 31.5 Å². The van der Waals surface area contributed by atoms with Crippen LogP contribution in [0.4, 0.5) is 31.4 Å². The number of urea groups is 1. The maximum atomic E-state index is 14.7. The van der Waals surface area contributed by atoms with E-state index in [2.05, 4.69) is 36.6 Å². The topological polar surface area (TPSA) is 337 Å². The van der Waals surface area contributed by atoms with E-state index in [-0.39, 0.29) is 105 Å². The molecule has 532 valence electrons. The van der Waals surface area contributed by atoms with Gasteiger partial charge in [-0.2, -0.15) is 0 Å². The van der Waals surface area contributed by atoms with E-state index in [1.54, 1.807) is 68.3 Å². The maximum Gasteiger partial charge on any atom is 0.415 e. The van der Waals surface area contributed by atoms with Crippen molar-refractivity contribution in [1.29, 1.82) is 0 Å². The number of halogens is 1. The molecule has 0 spiro atoms. The Kier molecular flexibility index (Phi) is 24.6. The number of nitrogens with zero attached hydrogens (tertiary/aromatic N) is 4. The molecule has 10 rings (SSSR count). The van der Waals surface area contributed by atoms with Crippen LogP contribution >= 0.6 is 22.9 Å². The molecule has 2 aliphatic rings. The minimum atomic E-state index is -1.08. The first kappa shape index (κ1) is 72.8.